The first-order valence-corrected chi connectivity index (χ1v) is 6.67. The lowest BCUT2D eigenvalue weighted by molar-refractivity contribution is 0.0753. The largest absolute Gasteiger partial charge is 0.316 e. The predicted octanol–water partition coefficient (Wildman–Crippen LogP) is 1.26. The molecule has 3 heteroatoms. The van der Waals surface area contributed by atoms with Gasteiger partial charge in [0.25, 0.3) is 0 Å². The summed E-state index contributed by atoms with van der Waals surface area (Å²) >= 11 is 0. The molecule has 3 unspecified atom stereocenters. The average molecular weight is 227 g/mol. The standard InChI is InChI=1S/C13H29N3/c1-6-16(12(3)10-15(4)5)13-7-8-14-9-11(13)2/h11-14H,6-10H2,1-5H3. The first-order chi connectivity index (χ1) is 7.56. The van der Waals surface area contributed by atoms with E-state index in [0.717, 1.165) is 18.5 Å². The van der Waals surface area contributed by atoms with E-state index >= 15 is 0 Å². The minimum Gasteiger partial charge on any atom is -0.316 e. The SMILES string of the molecule is CCN(C(C)CN(C)C)C1CCNCC1C. The summed E-state index contributed by atoms with van der Waals surface area (Å²) in [7, 11) is 4.33. The molecule has 1 heterocycles. The van der Waals surface area contributed by atoms with E-state index in [1.54, 1.807) is 0 Å². The van der Waals surface area contributed by atoms with Crippen LogP contribution in [0.2, 0.25) is 0 Å². The Morgan fingerprint density at radius 3 is 2.56 bits per heavy atom. The maximum atomic E-state index is 3.49. The summed E-state index contributed by atoms with van der Waals surface area (Å²) in [5.74, 6) is 0.776. The number of nitrogens with one attached hydrogen (secondary N) is 1. The highest BCUT2D eigenvalue weighted by molar-refractivity contribution is 4.85. The van der Waals surface area contributed by atoms with Crippen LogP contribution < -0.4 is 5.32 Å². The molecular formula is C13H29N3. The van der Waals surface area contributed by atoms with E-state index < -0.39 is 0 Å². The van der Waals surface area contributed by atoms with Crippen LogP contribution in [-0.4, -0.2) is 62.2 Å². The number of likely N-dealkylation sites (N-methyl/N-ethyl adjacent to an activating group) is 2. The maximum Gasteiger partial charge on any atom is 0.0197 e. The van der Waals surface area contributed by atoms with E-state index in [0.29, 0.717) is 6.04 Å². The third-order valence-corrected chi connectivity index (χ3v) is 3.73. The van der Waals surface area contributed by atoms with Crippen molar-refractivity contribution in [2.45, 2.75) is 39.3 Å². The molecule has 1 aliphatic heterocycles. The molecule has 0 aromatic rings. The van der Waals surface area contributed by atoms with E-state index in [-0.39, 0.29) is 0 Å². The van der Waals surface area contributed by atoms with Crippen LogP contribution in [0.1, 0.15) is 27.2 Å². The highest BCUT2D eigenvalue weighted by Crippen LogP contribution is 2.20. The lowest BCUT2D eigenvalue weighted by Crippen LogP contribution is -2.53. The van der Waals surface area contributed by atoms with Gasteiger partial charge in [0.15, 0.2) is 0 Å². The number of rotatable bonds is 5. The van der Waals surface area contributed by atoms with Crippen molar-refractivity contribution in [3.63, 3.8) is 0 Å². The lowest BCUT2D eigenvalue weighted by Gasteiger charge is -2.42. The van der Waals surface area contributed by atoms with Gasteiger partial charge in [-0.25, -0.2) is 0 Å². The predicted molar refractivity (Wildman–Crippen MR) is 70.8 cm³/mol. The van der Waals surface area contributed by atoms with E-state index in [2.05, 4.69) is 50.0 Å². The van der Waals surface area contributed by atoms with Gasteiger partial charge in [-0.2, -0.15) is 0 Å². The van der Waals surface area contributed by atoms with Crippen LogP contribution in [0.5, 0.6) is 0 Å². The third-order valence-electron chi connectivity index (χ3n) is 3.73. The number of hydrogen-bond donors (Lipinski definition) is 1. The first kappa shape index (κ1) is 13.9. The molecule has 1 aliphatic rings. The summed E-state index contributed by atoms with van der Waals surface area (Å²) < 4.78 is 0. The van der Waals surface area contributed by atoms with Crippen LogP contribution in [0, 0.1) is 5.92 Å². The Morgan fingerprint density at radius 1 is 1.38 bits per heavy atom. The average Bonchev–Trinajstić information content (AvgIpc) is 2.20. The maximum absolute atomic E-state index is 3.49. The summed E-state index contributed by atoms with van der Waals surface area (Å²) in [5.41, 5.74) is 0. The van der Waals surface area contributed by atoms with Gasteiger partial charge in [0.1, 0.15) is 0 Å². The van der Waals surface area contributed by atoms with Crippen LogP contribution in [0.25, 0.3) is 0 Å². The normalized spacial score (nSPS) is 28.7. The van der Waals surface area contributed by atoms with Crippen molar-refractivity contribution >= 4 is 0 Å². The second kappa shape index (κ2) is 6.58. The van der Waals surface area contributed by atoms with Crippen molar-refractivity contribution < 1.29 is 0 Å². The molecule has 0 radical (unpaired) electrons. The Kier molecular flexibility index (Phi) is 5.73. The molecular weight excluding hydrogens is 198 g/mol. The number of nitrogens with zero attached hydrogens (tertiary/aromatic N) is 2. The molecule has 1 saturated heterocycles. The van der Waals surface area contributed by atoms with Gasteiger partial charge in [-0.3, -0.25) is 4.90 Å². The molecule has 1 rings (SSSR count). The fourth-order valence-corrected chi connectivity index (χ4v) is 3.00. The van der Waals surface area contributed by atoms with Crippen molar-refractivity contribution in [1.29, 1.82) is 0 Å². The summed E-state index contributed by atoms with van der Waals surface area (Å²) in [6.45, 7) is 11.7. The smallest absolute Gasteiger partial charge is 0.0197 e. The Morgan fingerprint density at radius 2 is 2.06 bits per heavy atom. The minimum atomic E-state index is 0.658. The molecule has 0 spiro atoms. The van der Waals surface area contributed by atoms with Crippen LogP contribution in [-0.2, 0) is 0 Å². The first-order valence-electron chi connectivity index (χ1n) is 6.67. The Bertz CT molecular complexity index is 194. The molecule has 0 aromatic carbocycles. The monoisotopic (exact) mass is 227 g/mol. The minimum absolute atomic E-state index is 0.658. The topological polar surface area (TPSA) is 18.5 Å². The zero-order chi connectivity index (χ0) is 12.1. The van der Waals surface area contributed by atoms with E-state index in [1.165, 1.54) is 26.1 Å². The van der Waals surface area contributed by atoms with E-state index in [4.69, 9.17) is 0 Å². The zero-order valence-corrected chi connectivity index (χ0v) is 11.7. The van der Waals surface area contributed by atoms with Crippen molar-refractivity contribution in [3.05, 3.63) is 0 Å². The fourth-order valence-electron chi connectivity index (χ4n) is 3.00. The van der Waals surface area contributed by atoms with Crippen LogP contribution in [0.3, 0.4) is 0 Å². The fraction of sp³-hybridized carbons (Fsp3) is 1.00. The van der Waals surface area contributed by atoms with Crippen molar-refractivity contribution in [2.75, 3.05) is 40.3 Å². The molecule has 16 heavy (non-hydrogen) atoms. The van der Waals surface area contributed by atoms with Gasteiger partial charge in [0, 0.05) is 18.6 Å². The van der Waals surface area contributed by atoms with Gasteiger partial charge in [0.2, 0.25) is 0 Å². The van der Waals surface area contributed by atoms with Crippen molar-refractivity contribution in [1.82, 2.24) is 15.1 Å². The Labute approximate surface area is 101 Å². The van der Waals surface area contributed by atoms with E-state index in [9.17, 15) is 0 Å². The van der Waals surface area contributed by atoms with Crippen LogP contribution in [0.15, 0.2) is 0 Å². The van der Waals surface area contributed by atoms with Gasteiger partial charge in [-0.1, -0.05) is 13.8 Å². The zero-order valence-electron chi connectivity index (χ0n) is 11.7. The Balaban J connectivity index is 2.57. The van der Waals surface area contributed by atoms with Gasteiger partial charge in [-0.05, 0) is 53.0 Å². The van der Waals surface area contributed by atoms with Gasteiger partial charge in [-0.15, -0.1) is 0 Å². The van der Waals surface area contributed by atoms with E-state index in [1.807, 2.05) is 0 Å². The highest BCUT2D eigenvalue weighted by Gasteiger charge is 2.28. The molecule has 0 saturated carbocycles. The van der Waals surface area contributed by atoms with Gasteiger partial charge < -0.3 is 10.2 Å². The summed E-state index contributed by atoms with van der Waals surface area (Å²) in [5, 5.41) is 3.49. The van der Waals surface area contributed by atoms with Gasteiger partial charge in [0.05, 0.1) is 0 Å². The van der Waals surface area contributed by atoms with Crippen LogP contribution >= 0.6 is 0 Å². The second-order valence-electron chi connectivity index (χ2n) is 5.48. The van der Waals surface area contributed by atoms with Crippen molar-refractivity contribution in [2.24, 2.45) is 5.92 Å². The second-order valence-corrected chi connectivity index (χ2v) is 5.48. The molecule has 3 nitrogen and oxygen atoms in total. The van der Waals surface area contributed by atoms with Gasteiger partial charge >= 0.3 is 0 Å². The van der Waals surface area contributed by atoms with Crippen LogP contribution in [0.4, 0.5) is 0 Å². The number of hydrogen-bond acceptors (Lipinski definition) is 3. The molecule has 0 aromatic heterocycles. The molecule has 0 aliphatic carbocycles. The molecule has 0 amide bonds. The summed E-state index contributed by atoms with van der Waals surface area (Å²) in [4.78, 5) is 4.98. The molecule has 3 atom stereocenters. The molecule has 1 N–H and O–H groups in total. The lowest BCUT2D eigenvalue weighted by atomic mass is 9.92. The molecule has 96 valence electrons. The quantitative estimate of drug-likeness (QED) is 0.763. The summed E-state index contributed by atoms with van der Waals surface area (Å²) in [6.07, 6.45) is 1.30. The molecule has 0 bridgehead atoms. The Hall–Kier alpha value is -0.120. The number of piperidine rings is 1. The van der Waals surface area contributed by atoms with Crippen molar-refractivity contribution in [3.8, 4) is 0 Å². The third kappa shape index (κ3) is 3.72. The summed E-state index contributed by atoms with van der Waals surface area (Å²) in [6, 6.07) is 1.42. The highest BCUT2D eigenvalue weighted by atomic mass is 15.2. The molecule has 1 fully saturated rings.